The smallest absolute Gasteiger partial charge is 0.410 e. The molecule has 0 spiro atoms. The van der Waals surface area contributed by atoms with Crippen LogP contribution >= 0.6 is 0 Å². The lowest BCUT2D eigenvalue weighted by Gasteiger charge is -2.34. The number of fused-ring (bicyclic) bond motifs is 1. The number of rotatable bonds is 4. The van der Waals surface area contributed by atoms with Gasteiger partial charge in [0, 0.05) is 43.1 Å². The van der Waals surface area contributed by atoms with Gasteiger partial charge in [-0.15, -0.1) is 0 Å². The predicted octanol–water partition coefficient (Wildman–Crippen LogP) is 5.33. The van der Waals surface area contributed by atoms with Crippen LogP contribution in [0.1, 0.15) is 56.1 Å². The lowest BCUT2D eigenvalue weighted by molar-refractivity contribution is -0.384. The van der Waals surface area contributed by atoms with E-state index in [4.69, 9.17) is 9.84 Å². The zero-order valence-corrected chi connectivity index (χ0v) is 23.7. The first-order valence-electron chi connectivity index (χ1n) is 13.2. The number of amides is 1. The highest BCUT2D eigenvalue weighted by Gasteiger charge is 2.37. The van der Waals surface area contributed by atoms with Crippen LogP contribution in [0.3, 0.4) is 0 Å². The highest BCUT2D eigenvalue weighted by atomic mass is 19.1. The third kappa shape index (κ3) is 5.01. The molecule has 0 saturated heterocycles. The average molecular weight is 563 g/mol. The molecule has 12 heteroatoms. The highest BCUT2D eigenvalue weighted by Crippen LogP contribution is 2.36. The minimum absolute atomic E-state index is 0.0912. The number of aromatic nitrogens is 4. The van der Waals surface area contributed by atoms with E-state index in [2.05, 4.69) is 0 Å². The second-order valence-corrected chi connectivity index (χ2v) is 11.2. The van der Waals surface area contributed by atoms with Gasteiger partial charge in [0.15, 0.2) is 0 Å². The Kier molecular flexibility index (Phi) is 6.80. The lowest BCUT2D eigenvalue weighted by atomic mass is 10.00. The highest BCUT2D eigenvalue weighted by molar-refractivity contribution is 5.70. The number of ether oxygens (including phenoxy) is 1. The maximum absolute atomic E-state index is 14.6. The van der Waals surface area contributed by atoms with Gasteiger partial charge in [-0.05, 0) is 76.9 Å². The second kappa shape index (κ2) is 10.0. The van der Waals surface area contributed by atoms with Crippen molar-refractivity contribution < 1.29 is 18.8 Å². The number of nitrogens with zero attached hydrogens (tertiary/aromatic N) is 6. The van der Waals surface area contributed by atoms with E-state index in [1.54, 1.807) is 68.7 Å². The van der Waals surface area contributed by atoms with E-state index in [9.17, 15) is 24.1 Å². The van der Waals surface area contributed by atoms with E-state index in [0.29, 0.717) is 52.5 Å². The Balaban J connectivity index is 1.69. The van der Waals surface area contributed by atoms with Gasteiger partial charge in [0.1, 0.15) is 17.2 Å². The normalized spacial score (nSPS) is 15.1. The van der Waals surface area contributed by atoms with Crippen LogP contribution in [0.15, 0.2) is 53.6 Å². The van der Waals surface area contributed by atoms with E-state index >= 15 is 0 Å². The van der Waals surface area contributed by atoms with Crippen LogP contribution in [0.2, 0.25) is 0 Å². The third-order valence-electron chi connectivity index (χ3n) is 7.09. The molecule has 3 heterocycles. The molecule has 2 aromatic carbocycles. The Labute approximate surface area is 235 Å². The number of hydrogen-bond acceptors (Lipinski definition) is 6. The predicted molar refractivity (Wildman–Crippen MR) is 150 cm³/mol. The molecule has 1 aliphatic rings. The van der Waals surface area contributed by atoms with Crippen molar-refractivity contribution in [1.82, 2.24) is 23.8 Å². The molecule has 0 bridgehead atoms. The van der Waals surface area contributed by atoms with Crippen LogP contribution < -0.4 is 5.69 Å². The molecule has 2 aromatic heterocycles. The lowest BCUT2D eigenvalue weighted by Crippen LogP contribution is -2.42. The van der Waals surface area contributed by atoms with Gasteiger partial charge in [-0.25, -0.2) is 18.7 Å². The van der Waals surface area contributed by atoms with Crippen LogP contribution in [0.25, 0.3) is 17.2 Å². The number of halogens is 1. The summed E-state index contributed by atoms with van der Waals surface area (Å²) in [5.74, 6) is 0.0926. The van der Waals surface area contributed by atoms with Crippen molar-refractivity contribution in [2.24, 2.45) is 0 Å². The zero-order valence-electron chi connectivity index (χ0n) is 23.7. The fourth-order valence-corrected chi connectivity index (χ4v) is 5.15. The first-order chi connectivity index (χ1) is 19.3. The topological polar surface area (TPSA) is 117 Å². The molecule has 41 heavy (non-hydrogen) atoms. The van der Waals surface area contributed by atoms with Crippen molar-refractivity contribution in [3.63, 3.8) is 0 Å². The van der Waals surface area contributed by atoms with Crippen molar-refractivity contribution in [3.8, 4) is 17.2 Å². The summed E-state index contributed by atoms with van der Waals surface area (Å²) in [5, 5.41) is 16.0. The minimum Gasteiger partial charge on any atom is -0.444 e. The number of non-ortho nitro benzene ring substituents is 1. The molecular weight excluding hydrogens is 531 g/mol. The summed E-state index contributed by atoms with van der Waals surface area (Å²) in [6.45, 7) is 11.0. The first-order valence-corrected chi connectivity index (χ1v) is 13.2. The fourth-order valence-electron chi connectivity index (χ4n) is 5.15. The molecule has 0 fully saturated rings. The number of hydrogen-bond donors (Lipinski definition) is 0. The molecular formula is C29H31FN6O5. The Morgan fingerprint density at radius 2 is 1.68 bits per heavy atom. The van der Waals surface area contributed by atoms with E-state index in [0.717, 1.165) is 0 Å². The molecule has 0 saturated carbocycles. The van der Waals surface area contributed by atoms with Crippen LogP contribution in [0.5, 0.6) is 0 Å². The van der Waals surface area contributed by atoms with E-state index in [-0.39, 0.29) is 11.5 Å². The van der Waals surface area contributed by atoms with Crippen LogP contribution in [0.4, 0.5) is 14.9 Å². The Morgan fingerprint density at radius 1 is 1.07 bits per heavy atom. The summed E-state index contributed by atoms with van der Waals surface area (Å²) >= 11 is 0. The Morgan fingerprint density at radius 3 is 2.27 bits per heavy atom. The Hall–Kier alpha value is -4.74. The summed E-state index contributed by atoms with van der Waals surface area (Å²) in [7, 11) is 0. The standard InChI is InChI=1S/C29H31FN6O5/c1-17-15-22(16-18(2)25(17)30)35-26(24-19(3)32(12-11-23(24)31-35)28(38)41-29(4,5)6)34-14-13-33(27(34)37)20-7-9-21(10-8-20)36(39)40/h7-10,13-16,19H,11-12H2,1-6H3/t19-/m0/s1. The molecule has 1 aliphatic heterocycles. The van der Waals surface area contributed by atoms with Crippen LogP contribution in [-0.4, -0.2) is 47.0 Å². The molecule has 1 amide bonds. The number of imidazole rings is 1. The van der Waals surface area contributed by atoms with Crippen molar-refractivity contribution in [2.75, 3.05) is 6.54 Å². The number of nitro groups is 1. The second-order valence-electron chi connectivity index (χ2n) is 11.2. The third-order valence-corrected chi connectivity index (χ3v) is 7.09. The van der Waals surface area contributed by atoms with Gasteiger partial charge < -0.3 is 9.64 Å². The monoisotopic (exact) mass is 562 g/mol. The zero-order chi connectivity index (χ0) is 29.8. The SMILES string of the molecule is Cc1cc(-n2nc3c(c2-n2ccn(-c4ccc([N+](=O)[O-])cc4)c2=O)[C@H](C)N(C(=O)OC(C)(C)C)CC3)cc(C)c1F. The maximum atomic E-state index is 14.6. The molecule has 214 valence electrons. The van der Waals surface area contributed by atoms with Crippen LogP contribution in [0, 0.1) is 29.8 Å². The molecule has 0 N–H and O–H groups in total. The van der Waals surface area contributed by atoms with Gasteiger partial charge in [0.05, 0.1) is 28.0 Å². The van der Waals surface area contributed by atoms with Crippen molar-refractivity contribution in [3.05, 3.63) is 97.6 Å². The van der Waals surface area contributed by atoms with Gasteiger partial charge in [-0.3, -0.25) is 19.2 Å². The van der Waals surface area contributed by atoms with Gasteiger partial charge in [-0.2, -0.15) is 5.10 Å². The maximum Gasteiger partial charge on any atom is 0.410 e. The van der Waals surface area contributed by atoms with Crippen molar-refractivity contribution in [2.45, 2.75) is 59.6 Å². The van der Waals surface area contributed by atoms with Gasteiger partial charge in [0.2, 0.25) is 0 Å². The summed E-state index contributed by atoms with van der Waals surface area (Å²) in [6, 6.07) is 8.49. The number of benzene rings is 2. The molecule has 1 atom stereocenters. The molecule has 5 rings (SSSR count). The minimum atomic E-state index is -0.688. The summed E-state index contributed by atoms with van der Waals surface area (Å²) in [4.78, 5) is 39.2. The summed E-state index contributed by atoms with van der Waals surface area (Å²) in [6.07, 6.45) is 3.10. The molecule has 0 unspecified atom stereocenters. The molecule has 0 radical (unpaired) electrons. The summed E-state index contributed by atoms with van der Waals surface area (Å²) < 4.78 is 24.6. The largest absolute Gasteiger partial charge is 0.444 e. The van der Waals surface area contributed by atoms with Crippen LogP contribution in [-0.2, 0) is 11.2 Å². The summed E-state index contributed by atoms with van der Waals surface area (Å²) in [5.41, 5.74) is 2.02. The molecule has 11 nitrogen and oxygen atoms in total. The van der Waals surface area contributed by atoms with Crippen molar-refractivity contribution in [1.29, 1.82) is 0 Å². The van der Waals surface area contributed by atoms with E-state index in [1.165, 1.54) is 33.4 Å². The Bertz CT molecular complexity index is 1700. The van der Waals surface area contributed by atoms with Gasteiger partial charge in [-0.1, -0.05) is 0 Å². The number of carbonyl (C=O) groups excluding carboxylic acids is 1. The van der Waals surface area contributed by atoms with E-state index in [1.807, 2.05) is 6.92 Å². The average Bonchev–Trinajstić information content (AvgIpc) is 3.46. The first kappa shape index (κ1) is 27.8. The van der Waals surface area contributed by atoms with Crippen molar-refractivity contribution >= 4 is 11.8 Å². The van der Waals surface area contributed by atoms with Gasteiger partial charge in [0.25, 0.3) is 5.69 Å². The quantitative estimate of drug-likeness (QED) is 0.245. The van der Waals surface area contributed by atoms with Gasteiger partial charge >= 0.3 is 11.8 Å². The fraction of sp³-hybridized carbons (Fsp3) is 0.345. The number of aryl methyl sites for hydroxylation is 2. The number of nitro benzene ring substituents is 1. The molecule has 4 aromatic rings. The van der Waals surface area contributed by atoms with E-state index < -0.39 is 28.3 Å². The number of carbonyl (C=O) groups is 1. The molecule has 0 aliphatic carbocycles.